The van der Waals surface area contributed by atoms with Crippen LogP contribution in [0.3, 0.4) is 0 Å². The van der Waals surface area contributed by atoms with E-state index in [0.29, 0.717) is 11.5 Å². The van der Waals surface area contributed by atoms with Crippen molar-refractivity contribution < 1.29 is 9.53 Å². The van der Waals surface area contributed by atoms with Crippen molar-refractivity contribution in [3.8, 4) is 5.75 Å². The molecule has 0 N–H and O–H groups in total. The van der Waals surface area contributed by atoms with Gasteiger partial charge in [0.25, 0.3) is 5.91 Å². The molecule has 4 nitrogen and oxygen atoms in total. The van der Waals surface area contributed by atoms with E-state index in [4.69, 9.17) is 4.74 Å². The average molecular weight is 306 g/mol. The summed E-state index contributed by atoms with van der Waals surface area (Å²) in [5.74, 6) is 1.35. The fraction of sp³-hybridized carbons (Fsp3) is 0.158. The number of aryl methyl sites for hydroxylation is 1. The van der Waals surface area contributed by atoms with E-state index in [-0.39, 0.29) is 5.91 Å². The van der Waals surface area contributed by atoms with Crippen LogP contribution >= 0.6 is 0 Å². The summed E-state index contributed by atoms with van der Waals surface area (Å²) in [7, 11) is 1.63. The number of carbonyl (C=O) groups excluding carboxylic acids is 1. The Bertz CT molecular complexity index is 787. The third-order valence-corrected chi connectivity index (χ3v) is 3.74. The molecule has 2 aromatic rings. The molecule has 0 fully saturated rings. The van der Waals surface area contributed by atoms with Crippen LogP contribution in [-0.4, -0.2) is 18.9 Å². The van der Waals surface area contributed by atoms with Gasteiger partial charge in [-0.05, 0) is 49.8 Å². The van der Waals surface area contributed by atoms with E-state index < -0.39 is 0 Å². The minimum atomic E-state index is -0.109. The Morgan fingerprint density at radius 1 is 1.00 bits per heavy atom. The molecule has 1 aliphatic heterocycles. The predicted molar refractivity (Wildman–Crippen MR) is 92.7 cm³/mol. The van der Waals surface area contributed by atoms with Gasteiger partial charge in [0.05, 0.1) is 12.8 Å². The summed E-state index contributed by atoms with van der Waals surface area (Å²) in [6.45, 7) is 3.86. The van der Waals surface area contributed by atoms with Gasteiger partial charge in [-0.25, -0.2) is 4.99 Å². The number of nitrogens with zero attached hydrogens (tertiary/aromatic N) is 2. The van der Waals surface area contributed by atoms with Crippen molar-refractivity contribution in [2.24, 2.45) is 4.99 Å². The highest BCUT2D eigenvalue weighted by Gasteiger charge is 2.28. The fourth-order valence-corrected chi connectivity index (χ4v) is 2.48. The Hall–Kier alpha value is -2.88. The fourth-order valence-electron chi connectivity index (χ4n) is 2.48. The third kappa shape index (κ3) is 3.01. The molecule has 0 aliphatic carbocycles. The van der Waals surface area contributed by atoms with E-state index in [1.807, 2.05) is 62.4 Å². The molecule has 0 spiro atoms. The normalized spacial score (nSPS) is 16.0. The van der Waals surface area contributed by atoms with Crippen LogP contribution in [0.2, 0.25) is 0 Å². The zero-order chi connectivity index (χ0) is 16.4. The molecular weight excluding hydrogens is 288 g/mol. The zero-order valence-electron chi connectivity index (χ0n) is 13.4. The first-order chi connectivity index (χ1) is 11.1. The second-order valence-corrected chi connectivity index (χ2v) is 5.44. The molecule has 0 radical (unpaired) electrons. The summed E-state index contributed by atoms with van der Waals surface area (Å²) in [5.41, 5.74) is 3.34. The van der Waals surface area contributed by atoms with Crippen LogP contribution < -0.4 is 9.64 Å². The average Bonchev–Trinajstić information content (AvgIpc) is 2.83. The molecule has 4 heteroatoms. The van der Waals surface area contributed by atoms with Gasteiger partial charge in [0.1, 0.15) is 17.3 Å². The molecule has 116 valence electrons. The molecule has 0 atom stereocenters. The van der Waals surface area contributed by atoms with Gasteiger partial charge in [-0.1, -0.05) is 29.8 Å². The summed E-state index contributed by atoms with van der Waals surface area (Å²) >= 11 is 0. The minimum Gasteiger partial charge on any atom is -0.497 e. The summed E-state index contributed by atoms with van der Waals surface area (Å²) < 4.78 is 5.14. The highest BCUT2D eigenvalue weighted by atomic mass is 16.5. The zero-order valence-corrected chi connectivity index (χ0v) is 13.4. The van der Waals surface area contributed by atoms with Crippen molar-refractivity contribution in [3.05, 3.63) is 65.4 Å². The van der Waals surface area contributed by atoms with Crippen molar-refractivity contribution in [2.75, 3.05) is 12.0 Å². The third-order valence-electron chi connectivity index (χ3n) is 3.74. The number of carbonyl (C=O) groups is 1. The Kier molecular flexibility index (Phi) is 3.98. The second-order valence-electron chi connectivity index (χ2n) is 5.44. The van der Waals surface area contributed by atoms with Gasteiger partial charge in [0.15, 0.2) is 0 Å². The summed E-state index contributed by atoms with van der Waals surface area (Å²) in [5, 5.41) is 0. The second kappa shape index (κ2) is 6.08. The quantitative estimate of drug-likeness (QED) is 0.809. The van der Waals surface area contributed by atoms with E-state index >= 15 is 0 Å². The van der Waals surface area contributed by atoms with Crippen LogP contribution in [0.5, 0.6) is 5.75 Å². The standard InChI is InChI=1S/C19H18N2O2/c1-13-4-8-16(9-5-13)21-14(2)20-18(19(21)22)12-15-6-10-17(23-3)11-7-15/h4-12H,1-3H3/b18-12+. The molecule has 3 rings (SSSR count). The molecule has 0 saturated carbocycles. The summed E-state index contributed by atoms with van der Waals surface area (Å²) in [6, 6.07) is 15.4. The lowest BCUT2D eigenvalue weighted by molar-refractivity contribution is -0.113. The number of amides is 1. The lowest BCUT2D eigenvalue weighted by Gasteiger charge is -2.16. The van der Waals surface area contributed by atoms with Gasteiger partial charge in [0, 0.05) is 0 Å². The topological polar surface area (TPSA) is 41.9 Å². The SMILES string of the molecule is COc1ccc(/C=C2/N=C(C)N(c3ccc(C)cc3)C2=O)cc1. The maximum atomic E-state index is 12.6. The van der Waals surface area contributed by atoms with Crippen molar-refractivity contribution in [1.29, 1.82) is 0 Å². The lowest BCUT2D eigenvalue weighted by Crippen LogP contribution is -2.30. The predicted octanol–water partition coefficient (Wildman–Crippen LogP) is 3.81. The van der Waals surface area contributed by atoms with Gasteiger partial charge in [-0.3, -0.25) is 9.69 Å². The number of ether oxygens (including phenoxy) is 1. The monoisotopic (exact) mass is 306 g/mol. The molecule has 0 bridgehead atoms. The van der Waals surface area contributed by atoms with Crippen LogP contribution in [0.15, 0.2) is 59.2 Å². The minimum absolute atomic E-state index is 0.109. The van der Waals surface area contributed by atoms with Gasteiger partial charge in [-0.2, -0.15) is 0 Å². The van der Waals surface area contributed by atoms with Crippen molar-refractivity contribution in [3.63, 3.8) is 0 Å². The number of hydrogen-bond donors (Lipinski definition) is 0. The molecular formula is C19H18N2O2. The van der Waals surface area contributed by atoms with Gasteiger partial charge in [0.2, 0.25) is 0 Å². The Morgan fingerprint density at radius 3 is 2.26 bits per heavy atom. The van der Waals surface area contributed by atoms with Gasteiger partial charge >= 0.3 is 0 Å². The van der Waals surface area contributed by atoms with Crippen LogP contribution in [0, 0.1) is 6.92 Å². The van der Waals surface area contributed by atoms with Crippen LogP contribution in [0.4, 0.5) is 5.69 Å². The maximum absolute atomic E-state index is 12.6. The first-order valence-electron chi connectivity index (χ1n) is 7.40. The number of anilines is 1. The molecule has 23 heavy (non-hydrogen) atoms. The highest BCUT2D eigenvalue weighted by Crippen LogP contribution is 2.25. The number of rotatable bonds is 3. The van der Waals surface area contributed by atoms with Crippen molar-refractivity contribution >= 4 is 23.5 Å². The number of methoxy groups -OCH3 is 1. The van der Waals surface area contributed by atoms with E-state index in [1.54, 1.807) is 18.1 Å². The van der Waals surface area contributed by atoms with Crippen molar-refractivity contribution in [1.82, 2.24) is 0 Å². The Balaban J connectivity index is 1.89. The molecule has 0 aromatic heterocycles. The van der Waals surface area contributed by atoms with Gasteiger partial charge in [-0.15, -0.1) is 0 Å². The summed E-state index contributed by atoms with van der Waals surface area (Å²) in [4.78, 5) is 18.7. The molecule has 1 aliphatic rings. The van der Waals surface area contributed by atoms with Gasteiger partial charge < -0.3 is 4.74 Å². The van der Waals surface area contributed by atoms with Crippen LogP contribution in [-0.2, 0) is 4.79 Å². The number of aliphatic imine (C=N–C) groups is 1. The van der Waals surface area contributed by atoms with Crippen molar-refractivity contribution in [2.45, 2.75) is 13.8 Å². The van der Waals surface area contributed by atoms with Crippen LogP contribution in [0.25, 0.3) is 6.08 Å². The maximum Gasteiger partial charge on any atom is 0.282 e. The molecule has 1 amide bonds. The first-order valence-corrected chi connectivity index (χ1v) is 7.40. The molecule has 1 heterocycles. The lowest BCUT2D eigenvalue weighted by atomic mass is 10.1. The number of amidine groups is 1. The Morgan fingerprint density at radius 2 is 1.65 bits per heavy atom. The highest BCUT2D eigenvalue weighted by molar-refractivity contribution is 6.28. The van der Waals surface area contributed by atoms with E-state index in [1.165, 1.54) is 0 Å². The smallest absolute Gasteiger partial charge is 0.282 e. The molecule has 0 unspecified atom stereocenters. The van der Waals surface area contributed by atoms with E-state index in [2.05, 4.69) is 4.99 Å². The number of benzene rings is 2. The summed E-state index contributed by atoms with van der Waals surface area (Å²) in [6.07, 6.45) is 1.79. The number of hydrogen-bond acceptors (Lipinski definition) is 3. The largest absolute Gasteiger partial charge is 0.497 e. The Labute approximate surface area is 135 Å². The first kappa shape index (κ1) is 15.0. The van der Waals surface area contributed by atoms with Crippen LogP contribution in [0.1, 0.15) is 18.1 Å². The molecule has 0 saturated heterocycles. The molecule has 2 aromatic carbocycles. The van der Waals surface area contributed by atoms with E-state index in [0.717, 1.165) is 22.6 Å². The van der Waals surface area contributed by atoms with E-state index in [9.17, 15) is 4.79 Å².